The summed E-state index contributed by atoms with van der Waals surface area (Å²) in [4.78, 5) is 22.3. The van der Waals surface area contributed by atoms with Crippen LogP contribution in [0.3, 0.4) is 0 Å². The zero-order valence-corrected chi connectivity index (χ0v) is 11.5. The highest BCUT2D eigenvalue weighted by atomic mass is 16.1. The number of rotatable bonds is 5. The highest BCUT2D eigenvalue weighted by molar-refractivity contribution is 6.00. The lowest BCUT2D eigenvalue weighted by Gasteiger charge is -2.02. The van der Waals surface area contributed by atoms with E-state index in [0.717, 1.165) is 29.6 Å². The number of para-hydroxylation sites is 1. The SMILES string of the molecule is Nc1cccc2cc(C(=O)NCCCc3ncc[nH]3)[nH]c12. The number of hydrogen-bond donors (Lipinski definition) is 4. The maximum absolute atomic E-state index is 12.1. The van der Waals surface area contributed by atoms with Crippen molar-refractivity contribution in [3.8, 4) is 0 Å². The fourth-order valence-corrected chi connectivity index (χ4v) is 2.29. The molecule has 1 amide bonds. The molecule has 0 saturated carbocycles. The van der Waals surface area contributed by atoms with Crippen LogP contribution in [0.4, 0.5) is 5.69 Å². The Morgan fingerprint density at radius 1 is 1.38 bits per heavy atom. The first-order valence-corrected chi connectivity index (χ1v) is 6.88. The number of H-pyrrole nitrogens is 2. The Morgan fingerprint density at radius 3 is 3.05 bits per heavy atom. The van der Waals surface area contributed by atoms with Gasteiger partial charge in [0.05, 0.1) is 11.2 Å². The minimum Gasteiger partial charge on any atom is -0.397 e. The molecule has 1 aromatic carbocycles. The van der Waals surface area contributed by atoms with Crippen LogP contribution < -0.4 is 11.1 Å². The van der Waals surface area contributed by atoms with Crippen molar-refractivity contribution in [1.29, 1.82) is 0 Å². The van der Waals surface area contributed by atoms with Crippen LogP contribution in [-0.4, -0.2) is 27.4 Å². The van der Waals surface area contributed by atoms with E-state index in [-0.39, 0.29) is 5.91 Å². The average Bonchev–Trinajstić information content (AvgIpc) is 3.13. The monoisotopic (exact) mass is 283 g/mol. The molecule has 5 N–H and O–H groups in total. The third-order valence-corrected chi connectivity index (χ3v) is 3.36. The lowest BCUT2D eigenvalue weighted by Crippen LogP contribution is -2.25. The molecule has 6 heteroatoms. The minimum atomic E-state index is -0.120. The number of nitrogens with two attached hydrogens (primary N) is 1. The van der Waals surface area contributed by atoms with Crippen LogP contribution in [0.15, 0.2) is 36.7 Å². The molecular weight excluding hydrogens is 266 g/mol. The Balaban J connectivity index is 1.58. The lowest BCUT2D eigenvalue weighted by molar-refractivity contribution is 0.0949. The number of nitrogens with zero attached hydrogens (tertiary/aromatic N) is 1. The van der Waals surface area contributed by atoms with Gasteiger partial charge in [-0.2, -0.15) is 0 Å². The van der Waals surface area contributed by atoms with Gasteiger partial charge in [-0.25, -0.2) is 4.98 Å². The zero-order valence-electron chi connectivity index (χ0n) is 11.5. The highest BCUT2D eigenvalue weighted by Gasteiger charge is 2.10. The van der Waals surface area contributed by atoms with E-state index in [1.807, 2.05) is 24.3 Å². The normalized spacial score (nSPS) is 10.9. The summed E-state index contributed by atoms with van der Waals surface area (Å²) in [5.41, 5.74) is 7.85. The second kappa shape index (κ2) is 5.70. The number of nitrogens with one attached hydrogen (secondary N) is 3. The van der Waals surface area contributed by atoms with Gasteiger partial charge in [0.2, 0.25) is 0 Å². The molecule has 108 valence electrons. The standard InChI is InChI=1S/C15H17N5O/c16-11-4-1-3-10-9-12(20-14(10)11)15(21)19-6-2-5-13-17-7-8-18-13/h1,3-4,7-9,20H,2,5-6,16H2,(H,17,18)(H,19,21). The molecule has 0 aliphatic rings. The first kappa shape index (κ1) is 13.2. The molecular formula is C15H17N5O. The van der Waals surface area contributed by atoms with Crippen molar-refractivity contribution < 1.29 is 4.79 Å². The molecule has 0 aliphatic carbocycles. The molecule has 2 heterocycles. The number of aryl methyl sites for hydroxylation is 1. The number of anilines is 1. The molecule has 6 nitrogen and oxygen atoms in total. The summed E-state index contributed by atoms with van der Waals surface area (Å²) in [5.74, 6) is 0.813. The average molecular weight is 283 g/mol. The number of carbonyl (C=O) groups is 1. The van der Waals surface area contributed by atoms with Crippen molar-refractivity contribution in [3.05, 3.63) is 48.2 Å². The van der Waals surface area contributed by atoms with E-state index in [9.17, 15) is 4.79 Å². The van der Waals surface area contributed by atoms with Crippen LogP contribution in [0.2, 0.25) is 0 Å². The first-order chi connectivity index (χ1) is 10.2. The van der Waals surface area contributed by atoms with E-state index in [2.05, 4.69) is 20.3 Å². The van der Waals surface area contributed by atoms with Gasteiger partial charge < -0.3 is 21.0 Å². The van der Waals surface area contributed by atoms with Crippen molar-refractivity contribution in [2.75, 3.05) is 12.3 Å². The molecule has 0 fully saturated rings. The minimum absolute atomic E-state index is 0.120. The largest absolute Gasteiger partial charge is 0.397 e. The van der Waals surface area contributed by atoms with Gasteiger partial charge in [-0.3, -0.25) is 4.79 Å². The molecule has 0 atom stereocenters. The molecule has 0 aliphatic heterocycles. The Kier molecular flexibility index (Phi) is 3.59. The predicted molar refractivity (Wildman–Crippen MR) is 82.0 cm³/mol. The van der Waals surface area contributed by atoms with Crippen molar-refractivity contribution in [2.24, 2.45) is 0 Å². The predicted octanol–water partition coefficient (Wildman–Crippen LogP) is 1.84. The maximum Gasteiger partial charge on any atom is 0.267 e. The van der Waals surface area contributed by atoms with Gasteiger partial charge >= 0.3 is 0 Å². The van der Waals surface area contributed by atoms with Gasteiger partial charge in [0, 0.05) is 30.7 Å². The van der Waals surface area contributed by atoms with Crippen molar-refractivity contribution in [3.63, 3.8) is 0 Å². The fraction of sp³-hybridized carbons (Fsp3) is 0.200. The molecule has 0 radical (unpaired) electrons. The maximum atomic E-state index is 12.1. The second-order valence-corrected chi connectivity index (χ2v) is 4.89. The van der Waals surface area contributed by atoms with Gasteiger partial charge in [0.25, 0.3) is 5.91 Å². The van der Waals surface area contributed by atoms with E-state index in [4.69, 9.17) is 5.73 Å². The smallest absolute Gasteiger partial charge is 0.267 e. The Morgan fingerprint density at radius 2 is 2.29 bits per heavy atom. The van der Waals surface area contributed by atoms with Crippen LogP contribution in [-0.2, 0) is 6.42 Å². The van der Waals surface area contributed by atoms with Crippen molar-refractivity contribution >= 4 is 22.5 Å². The number of fused-ring (bicyclic) bond motifs is 1. The summed E-state index contributed by atoms with van der Waals surface area (Å²) in [6.07, 6.45) is 5.17. The molecule has 0 bridgehead atoms. The van der Waals surface area contributed by atoms with E-state index >= 15 is 0 Å². The van der Waals surface area contributed by atoms with E-state index in [1.54, 1.807) is 12.4 Å². The topological polar surface area (TPSA) is 99.6 Å². The summed E-state index contributed by atoms with van der Waals surface area (Å²) >= 11 is 0. The van der Waals surface area contributed by atoms with Gasteiger partial charge in [0.15, 0.2) is 0 Å². The van der Waals surface area contributed by atoms with Crippen molar-refractivity contribution in [1.82, 2.24) is 20.3 Å². The van der Waals surface area contributed by atoms with Gasteiger partial charge in [-0.05, 0) is 18.6 Å². The molecule has 2 aromatic heterocycles. The number of carbonyl (C=O) groups excluding carboxylic acids is 1. The summed E-state index contributed by atoms with van der Waals surface area (Å²) in [5, 5.41) is 3.83. The zero-order chi connectivity index (χ0) is 14.7. The van der Waals surface area contributed by atoms with Gasteiger partial charge in [-0.15, -0.1) is 0 Å². The van der Waals surface area contributed by atoms with Crippen LogP contribution in [0.25, 0.3) is 10.9 Å². The van der Waals surface area contributed by atoms with Crippen LogP contribution >= 0.6 is 0 Å². The number of hydrogen-bond acceptors (Lipinski definition) is 3. The summed E-state index contributed by atoms with van der Waals surface area (Å²) in [6, 6.07) is 7.42. The summed E-state index contributed by atoms with van der Waals surface area (Å²) in [7, 11) is 0. The number of aromatic nitrogens is 3. The summed E-state index contributed by atoms with van der Waals surface area (Å²) in [6.45, 7) is 0.602. The molecule has 3 rings (SSSR count). The molecule has 0 saturated heterocycles. The lowest BCUT2D eigenvalue weighted by atomic mass is 10.2. The Bertz CT molecular complexity index is 745. The quantitative estimate of drug-likeness (QED) is 0.424. The van der Waals surface area contributed by atoms with Crippen LogP contribution in [0.5, 0.6) is 0 Å². The third-order valence-electron chi connectivity index (χ3n) is 3.36. The van der Waals surface area contributed by atoms with E-state index in [1.165, 1.54) is 0 Å². The number of aromatic amines is 2. The second-order valence-electron chi connectivity index (χ2n) is 4.89. The van der Waals surface area contributed by atoms with Gasteiger partial charge in [-0.1, -0.05) is 12.1 Å². The molecule has 0 unspecified atom stereocenters. The van der Waals surface area contributed by atoms with Crippen molar-refractivity contribution in [2.45, 2.75) is 12.8 Å². The van der Waals surface area contributed by atoms with Gasteiger partial charge in [0.1, 0.15) is 11.5 Å². The first-order valence-electron chi connectivity index (χ1n) is 6.88. The highest BCUT2D eigenvalue weighted by Crippen LogP contribution is 2.20. The molecule has 21 heavy (non-hydrogen) atoms. The third kappa shape index (κ3) is 2.89. The number of amides is 1. The van der Waals surface area contributed by atoms with E-state index in [0.29, 0.717) is 17.9 Å². The fourth-order valence-electron chi connectivity index (χ4n) is 2.29. The Labute approximate surface area is 121 Å². The van der Waals surface area contributed by atoms with E-state index < -0.39 is 0 Å². The number of nitrogen functional groups attached to an aromatic ring is 1. The summed E-state index contributed by atoms with van der Waals surface area (Å²) < 4.78 is 0. The molecule has 3 aromatic rings. The number of benzene rings is 1. The Hall–Kier alpha value is -2.76. The van der Waals surface area contributed by atoms with Crippen LogP contribution in [0.1, 0.15) is 22.7 Å². The molecule has 0 spiro atoms. The number of imidazole rings is 1. The van der Waals surface area contributed by atoms with Crippen LogP contribution in [0, 0.1) is 0 Å².